The number of hydrogen-bond acceptors (Lipinski definition) is 2. The van der Waals surface area contributed by atoms with Crippen LogP contribution >= 0.6 is 23.2 Å². The Morgan fingerprint density at radius 3 is 1.03 bits per heavy atom. The molecule has 0 aliphatic rings. The summed E-state index contributed by atoms with van der Waals surface area (Å²) in [5, 5.41) is 10.8. The molecule has 30 heavy (non-hydrogen) atoms. The van der Waals surface area contributed by atoms with Gasteiger partial charge in [-0.15, -0.1) is 10.2 Å². The molecule has 0 N–H and O–H groups in total. The van der Waals surface area contributed by atoms with Crippen LogP contribution in [0.5, 0.6) is 0 Å². The van der Waals surface area contributed by atoms with Crippen LogP contribution in [0, 0.1) is 0 Å². The third-order valence-electron chi connectivity index (χ3n) is 4.58. The summed E-state index contributed by atoms with van der Waals surface area (Å²) in [6.45, 7) is 0. The van der Waals surface area contributed by atoms with E-state index in [0.29, 0.717) is 10.0 Å². The van der Waals surface area contributed by atoms with Gasteiger partial charge in [0.2, 0.25) is 0 Å². The highest BCUT2D eigenvalue weighted by atomic mass is 35.5. The van der Waals surface area contributed by atoms with E-state index < -0.39 is 0 Å². The molecule has 0 bridgehead atoms. The molecular formula is C26H18Cl2N2. The van der Waals surface area contributed by atoms with E-state index in [1.165, 1.54) is 0 Å². The number of nitrogens with zero attached hydrogens (tertiary/aromatic N) is 2. The first-order valence-corrected chi connectivity index (χ1v) is 10.2. The second-order valence-corrected chi connectivity index (χ2v) is 7.52. The van der Waals surface area contributed by atoms with E-state index in [1.807, 2.05) is 109 Å². The van der Waals surface area contributed by atoms with Crippen molar-refractivity contribution in [3.8, 4) is 0 Å². The summed E-state index contributed by atoms with van der Waals surface area (Å²) in [6.07, 6.45) is 0. The van der Waals surface area contributed by atoms with Crippen LogP contribution in [0.4, 0.5) is 0 Å². The molecule has 0 fully saturated rings. The zero-order valence-electron chi connectivity index (χ0n) is 16.0. The monoisotopic (exact) mass is 428 g/mol. The summed E-state index contributed by atoms with van der Waals surface area (Å²) in [4.78, 5) is 0. The number of hydrogen-bond donors (Lipinski definition) is 0. The van der Waals surface area contributed by atoms with E-state index in [4.69, 9.17) is 33.4 Å². The van der Waals surface area contributed by atoms with Crippen molar-refractivity contribution in [3.63, 3.8) is 0 Å². The molecule has 0 spiro atoms. The summed E-state index contributed by atoms with van der Waals surface area (Å²) in [5.74, 6) is 0. The predicted octanol–water partition coefficient (Wildman–Crippen LogP) is 7.28. The van der Waals surface area contributed by atoms with Gasteiger partial charge in [0.1, 0.15) is 11.4 Å². The Bertz CT molecular complexity index is 1070. The van der Waals surface area contributed by atoms with Gasteiger partial charge < -0.3 is 0 Å². The molecule has 0 aliphatic carbocycles. The quantitative estimate of drug-likeness (QED) is 0.235. The smallest absolute Gasteiger partial charge is 0.100 e. The van der Waals surface area contributed by atoms with Crippen LogP contribution in [-0.2, 0) is 0 Å². The lowest BCUT2D eigenvalue weighted by atomic mass is 10.0. The normalized spacial score (nSPS) is 12.1. The molecule has 0 aliphatic heterocycles. The standard InChI is InChI=1S/C26H18Cl2N2/c27-23-15-11-21(12-16-23)25(19-7-3-1-4-8-19)29-30-26(20-9-5-2-6-10-20)22-13-17-24(28)18-14-22/h1-18H/b29-25-,30-26+. The minimum absolute atomic E-state index is 0.681. The number of rotatable bonds is 5. The van der Waals surface area contributed by atoms with E-state index in [9.17, 15) is 0 Å². The first-order valence-electron chi connectivity index (χ1n) is 9.49. The number of halogens is 2. The van der Waals surface area contributed by atoms with E-state index in [1.54, 1.807) is 0 Å². The summed E-state index contributed by atoms with van der Waals surface area (Å²) >= 11 is 12.2. The fourth-order valence-corrected chi connectivity index (χ4v) is 3.32. The molecule has 0 saturated heterocycles. The van der Waals surface area contributed by atoms with Crippen LogP contribution in [-0.4, -0.2) is 11.4 Å². The first-order chi connectivity index (χ1) is 14.7. The molecule has 4 heteroatoms. The van der Waals surface area contributed by atoms with Gasteiger partial charge >= 0.3 is 0 Å². The molecule has 0 radical (unpaired) electrons. The number of benzene rings is 4. The molecule has 146 valence electrons. The van der Waals surface area contributed by atoms with Crippen LogP contribution in [0.3, 0.4) is 0 Å². The van der Waals surface area contributed by atoms with Crippen molar-refractivity contribution >= 4 is 34.6 Å². The van der Waals surface area contributed by atoms with Crippen LogP contribution in [0.2, 0.25) is 10.0 Å². The lowest BCUT2D eigenvalue weighted by Crippen LogP contribution is -2.06. The van der Waals surface area contributed by atoms with Crippen LogP contribution in [0.25, 0.3) is 0 Å². The van der Waals surface area contributed by atoms with Gasteiger partial charge in [-0.2, -0.15) is 0 Å². The predicted molar refractivity (Wildman–Crippen MR) is 127 cm³/mol. The average Bonchev–Trinajstić information content (AvgIpc) is 2.80. The van der Waals surface area contributed by atoms with Gasteiger partial charge in [-0.3, -0.25) is 0 Å². The highest BCUT2D eigenvalue weighted by molar-refractivity contribution is 6.31. The fraction of sp³-hybridized carbons (Fsp3) is 0. The zero-order chi connectivity index (χ0) is 20.8. The maximum absolute atomic E-state index is 6.08. The maximum atomic E-state index is 6.08. The molecule has 0 amide bonds. The maximum Gasteiger partial charge on any atom is 0.100 e. The molecular weight excluding hydrogens is 411 g/mol. The van der Waals surface area contributed by atoms with Crippen molar-refractivity contribution in [2.75, 3.05) is 0 Å². The van der Waals surface area contributed by atoms with Crippen molar-refractivity contribution in [3.05, 3.63) is 141 Å². The zero-order valence-corrected chi connectivity index (χ0v) is 17.6. The molecule has 0 aromatic heterocycles. The molecule has 0 unspecified atom stereocenters. The van der Waals surface area contributed by atoms with Crippen molar-refractivity contribution in [1.29, 1.82) is 0 Å². The largest absolute Gasteiger partial charge is 0.149 e. The van der Waals surface area contributed by atoms with Gasteiger partial charge in [-0.1, -0.05) is 108 Å². The topological polar surface area (TPSA) is 24.7 Å². The second kappa shape index (κ2) is 9.53. The summed E-state index contributed by atoms with van der Waals surface area (Å²) in [6, 6.07) is 35.2. The van der Waals surface area contributed by atoms with E-state index in [-0.39, 0.29) is 0 Å². The minimum atomic E-state index is 0.681. The third-order valence-corrected chi connectivity index (χ3v) is 5.08. The summed E-state index contributed by atoms with van der Waals surface area (Å²) < 4.78 is 0. The van der Waals surface area contributed by atoms with Gasteiger partial charge in [0.25, 0.3) is 0 Å². The molecule has 4 rings (SSSR count). The van der Waals surface area contributed by atoms with Crippen molar-refractivity contribution in [2.24, 2.45) is 10.2 Å². The molecule has 4 aromatic rings. The van der Waals surface area contributed by atoms with Crippen LogP contribution < -0.4 is 0 Å². The highest BCUT2D eigenvalue weighted by Crippen LogP contribution is 2.18. The minimum Gasteiger partial charge on any atom is -0.149 e. The van der Waals surface area contributed by atoms with E-state index in [0.717, 1.165) is 33.7 Å². The third kappa shape index (κ3) is 4.85. The average molecular weight is 429 g/mol. The van der Waals surface area contributed by atoms with Gasteiger partial charge in [0, 0.05) is 32.3 Å². The van der Waals surface area contributed by atoms with Gasteiger partial charge in [-0.25, -0.2) is 0 Å². The van der Waals surface area contributed by atoms with Gasteiger partial charge in [0.05, 0.1) is 0 Å². The Hall–Kier alpha value is -3.20. The van der Waals surface area contributed by atoms with Gasteiger partial charge in [-0.05, 0) is 24.3 Å². The van der Waals surface area contributed by atoms with Crippen molar-refractivity contribution in [1.82, 2.24) is 0 Å². The SMILES string of the molecule is Clc1ccc(/C(=N\N=C(/c2ccccc2)c2ccc(Cl)cc2)c2ccccc2)cc1. The Labute approximate surface area is 186 Å². The van der Waals surface area contributed by atoms with Gasteiger partial charge in [0.15, 0.2) is 0 Å². The summed E-state index contributed by atoms with van der Waals surface area (Å²) in [5.41, 5.74) is 5.39. The molecule has 0 heterocycles. The van der Waals surface area contributed by atoms with Crippen molar-refractivity contribution in [2.45, 2.75) is 0 Å². The van der Waals surface area contributed by atoms with Crippen LogP contribution in [0.15, 0.2) is 119 Å². The molecule has 4 aromatic carbocycles. The van der Waals surface area contributed by atoms with E-state index in [2.05, 4.69) is 0 Å². The first kappa shape index (κ1) is 20.1. The lowest BCUT2D eigenvalue weighted by Gasteiger charge is -2.08. The molecule has 0 saturated carbocycles. The van der Waals surface area contributed by atoms with Crippen molar-refractivity contribution < 1.29 is 0 Å². The summed E-state index contributed by atoms with van der Waals surface area (Å²) in [7, 11) is 0. The molecule has 2 nitrogen and oxygen atoms in total. The fourth-order valence-electron chi connectivity index (χ4n) is 3.07. The Morgan fingerprint density at radius 1 is 0.400 bits per heavy atom. The second-order valence-electron chi connectivity index (χ2n) is 6.64. The Balaban J connectivity index is 1.87. The lowest BCUT2D eigenvalue weighted by molar-refractivity contribution is 1.22. The Kier molecular flexibility index (Phi) is 6.38. The highest BCUT2D eigenvalue weighted by Gasteiger charge is 2.10. The Morgan fingerprint density at radius 2 is 0.700 bits per heavy atom. The molecule has 0 atom stereocenters. The van der Waals surface area contributed by atoms with Crippen LogP contribution in [0.1, 0.15) is 22.3 Å². The van der Waals surface area contributed by atoms with E-state index >= 15 is 0 Å².